The summed E-state index contributed by atoms with van der Waals surface area (Å²) in [5.41, 5.74) is 5.41. The molecule has 170 valence electrons. The van der Waals surface area contributed by atoms with Gasteiger partial charge in [-0.15, -0.1) is 0 Å². The monoisotopic (exact) mass is 432 g/mol. The summed E-state index contributed by atoms with van der Waals surface area (Å²) in [5, 5.41) is 13.7. The second-order valence-electron chi connectivity index (χ2n) is 8.06. The van der Waals surface area contributed by atoms with Crippen molar-refractivity contribution < 1.29 is 44.3 Å². The molecule has 1 amide bonds. The number of carbonyl (C=O) groups excluding carboxylic acids is 2. The molecule has 1 atom stereocenters. The number of unbranched alkanes of at least 4 members (excludes halogenated alkanes) is 12. The zero-order valence-corrected chi connectivity index (χ0v) is 21.8. The molecule has 0 bridgehead atoms. The van der Waals surface area contributed by atoms with E-state index in [1.807, 2.05) is 0 Å². The maximum Gasteiger partial charge on any atom is 1.00 e. The number of allylic oxidation sites excluding steroid dienone is 2. The molecular formula is C24H45N2NaO3. The van der Waals surface area contributed by atoms with Gasteiger partial charge in [0.15, 0.2) is 0 Å². The summed E-state index contributed by atoms with van der Waals surface area (Å²) in [6, 6.07) is -0.892. The average molecular weight is 433 g/mol. The number of carboxylic acids is 1. The first-order chi connectivity index (χ1) is 14.1. The van der Waals surface area contributed by atoms with E-state index in [2.05, 4.69) is 24.4 Å². The van der Waals surface area contributed by atoms with Gasteiger partial charge in [0.2, 0.25) is 5.91 Å². The third kappa shape index (κ3) is 22.3. The quantitative estimate of drug-likeness (QED) is 0.163. The van der Waals surface area contributed by atoms with Gasteiger partial charge in [0.25, 0.3) is 0 Å². The van der Waals surface area contributed by atoms with Gasteiger partial charge in [0, 0.05) is 6.42 Å². The summed E-state index contributed by atoms with van der Waals surface area (Å²) < 4.78 is 0. The Balaban J connectivity index is 0. The van der Waals surface area contributed by atoms with Gasteiger partial charge < -0.3 is 21.0 Å². The van der Waals surface area contributed by atoms with E-state index in [-0.39, 0.29) is 35.5 Å². The van der Waals surface area contributed by atoms with Crippen molar-refractivity contribution >= 4 is 11.9 Å². The van der Waals surface area contributed by atoms with Crippen molar-refractivity contribution in [2.75, 3.05) is 6.54 Å². The van der Waals surface area contributed by atoms with Gasteiger partial charge in [-0.3, -0.25) is 4.79 Å². The van der Waals surface area contributed by atoms with Gasteiger partial charge in [0.1, 0.15) is 0 Å². The predicted octanol–water partition coefficient (Wildman–Crippen LogP) is 1.39. The number of hydrogen-bond acceptors (Lipinski definition) is 4. The smallest absolute Gasteiger partial charge is 0.548 e. The van der Waals surface area contributed by atoms with E-state index in [9.17, 15) is 14.7 Å². The minimum atomic E-state index is -1.21. The molecule has 0 radical (unpaired) electrons. The van der Waals surface area contributed by atoms with E-state index in [4.69, 9.17) is 5.73 Å². The summed E-state index contributed by atoms with van der Waals surface area (Å²) in [7, 11) is 0. The Morgan fingerprint density at radius 2 is 1.37 bits per heavy atom. The largest absolute Gasteiger partial charge is 1.00 e. The number of nitrogens with two attached hydrogens (primary N) is 1. The second kappa shape index (κ2) is 24.9. The summed E-state index contributed by atoms with van der Waals surface area (Å²) in [6.45, 7) is 2.78. The van der Waals surface area contributed by atoms with Crippen molar-refractivity contribution in [3.05, 3.63) is 12.2 Å². The Hall–Kier alpha value is -0.360. The fourth-order valence-corrected chi connectivity index (χ4v) is 3.36. The van der Waals surface area contributed by atoms with Crippen molar-refractivity contribution in [2.24, 2.45) is 5.73 Å². The van der Waals surface area contributed by atoms with Crippen molar-refractivity contribution in [1.82, 2.24) is 5.32 Å². The molecule has 0 aromatic rings. The SMILES string of the molecule is CCCCCCCC/C=C\CCCCCCCC(=O)N[C@@H](CCCCN)C(=O)[O-].[Na+]. The summed E-state index contributed by atoms with van der Waals surface area (Å²) in [4.78, 5) is 23.0. The maximum absolute atomic E-state index is 11.9. The van der Waals surface area contributed by atoms with Crippen molar-refractivity contribution in [2.45, 2.75) is 122 Å². The second-order valence-corrected chi connectivity index (χ2v) is 8.06. The number of carbonyl (C=O) groups is 2. The molecule has 0 aliphatic rings. The maximum atomic E-state index is 11.9. The van der Waals surface area contributed by atoms with Crippen molar-refractivity contribution in [3.63, 3.8) is 0 Å². The molecule has 0 aromatic heterocycles. The number of nitrogens with one attached hydrogen (secondary N) is 1. The number of aliphatic carboxylic acids is 1. The molecule has 0 fully saturated rings. The molecule has 0 aromatic carbocycles. The van der Waals surface area contributed by atoms with Crippen molar-refractivity contribution in [1.29, 1.82) is 0 Å². The van der Waals surface area contributed by atoms with Crippen LogP contribution in [-0.2, 0) is 9.59 Å². The molecular weight excluding hydrogens is 387 g/mol. The molecule has 0 spiro atoms. The normalized spacial score (nSPS) is 11.9. The molecule has 0 aliphatic carbocycles. The molecule has 30 heavy (non-hydrogen) atoms. The Kier molecular flexibility index (Phi) is 26.4. The molecule has 0 unspecified atom stereocenters. The van der Waals surface area contributed by atoms with E-state index in [0.717, 1.165) is 32.1 Å². The fraction of sp³-hybridized carbons (Fsp3) is 0.833. The van der Waals surface area contributed by atoms with E-state index in [1.54, 1.807) is 0 Å². The summed E-state index contributed by atoms with van der Waals surface area (Å²) in [6.07, 6.45) is 22.6. The van der Waals surface area contributed by atoms with Crippen LogP contribution in [0.25, 0.3) is 0 Å². The molecule has 0 rings (SSSR count). The van der Waals surface area contributed by atoms with Gasteiger partial charge in [-0.1, -0.05) is 70.4 Å². The van der Waals surface area contributed by atoms with Crippen molar-refractivity contribution in [3.8, 4) is 0 Å². The van der Waals surface area contributed by atoms with Crippen LogP contribution in [0.5, 0.6) is 0 Å². The zero-order chi connectivity index (χ0) is 21.6. The predicted molar refractivity (Wildman–Crippen MR) is 119 cm³/mol. The van der Waals surface area contributed by atoms with Crippen LogP contribution in [0.2, 0.25) is 0 Å². The van der Waals surface area contributed by atoms with Gasteiger partial charge in [-0.05, 0) is 57.9 Å². The molecule has 0 saturated heterocycles. The molecule has 3 N–H and O–H groups in total. The van der Waals surface area contributed by atoms with Crippen LogP contribution in [0.1, 0.15) is 116 Å². The number of amides is 1. The first-order valence-corrected chi connectivity index (χ1v) is 12.0. The molecule has 5 nitrogen and oxygen atoms in total. The summed E-state index contributed by atoms with van der Waals surface area (Å²) >= 11 is 0. The number of carboxylic acid groups (broad SMARTS) is 1. The van der Waals surface area contributed by atoms with Gasteiger partial charge in [-0.2, -0.15) is 0 Å². The van der Waals surface area contributed by atoms with E-state index in [0.29, 0.717) is 25.8 Å². The first kappa shape index (κ1) is 31.8. The van der Waals surface area contributed by atoms with Crippen LogP contribution in [0.4, 0.5) is 0 Å². The van der Waals surface area contributed by atoms with Gasteiger partial charge in [-0.25, -0.2) is 0 Å². The van der Waals surface area contributed by atoms with E-state index in [1.165, 1.54) is 57.8 Å². The first-order valence-electron chi connectivity index (χ1n) is 12.0. The summed E-state index contributed by atoms with van der Waals surface area (Å²) in [5.74, 6) is -1.40. The number of hydrogen-bond donors (Lipinski definition) is 2. The number of rotatable bonds is 21. The van der Waals surface area contributed by atoms with E-state index >= 15 is 0 Å². The topological polar surface area (TPSA) is 95.2 Å². The Morgan fingerprint density at radius 1 is 0.833 bits per heavy atom. The third-order valence-corrected chi connectivity index (χ3v) is 5.23. The molecule has 0 saturated carbocycles. The van der Waals surface area contributed by atoms with Crippen LogP contribution >= 0.6 is 0 Å². The molecule has 0 aliphatic heterocycles. The van der Waals surface area contributed by atoms with Gasteiger partial charge in [0.05, 0.1) is 12.0 Å². The standard InChI is InChI=1S/C24H46N2O3.Na/c1-2-3-4-5-6-7-8-9-10-11-12-13-14-15-16-20-23(27)26-22(24(28)29)19-17-18-21-25;/h9-10,22H,2-8,11-21,25H2,1H3,(H,26,27)(H,28,29);/q;+1/p-1/b10-9-;/t22-;/m0./s1. The fourth-order valence-electron chi connectivity index (χ4n) is 3.36. The van der Waals surface area contributed by atoms with Crippen LogP contribution in [0.3, 0.4) is 0 Å². The average Bonchev–Trinajstić information content (AvgIpc) is 2.70. The minimum absolute atomic E-state index is 0. The zero-order valence-electron chi connectivity index (χ0n) is 19.8. The van der Waals surface area contributed by atoms with Crippen LogP contribution in [0, 0.1) is 0 Å². The van der Waals surface area contributed by atoms with E-state index < -0.39 is 12.0 Å². The van der Waals surface area contributed by atoms with Crippen LogP contribution in [-0.4, -0.2) is 24.5 Å². The molecule has 0 heterocycles. The minimum Gasteiger partial charge on any atom is -0.548 e. The Bertz CT molecular complexity index is 431. The van der Waals surface area contributed by atoms with Crippen LogP contribution < -0.4 is 45.7 Å². The Labute approximate surface area is 207 Å². The van der Waals surface area contributed by atoms with Gasteiger partial charge >= 0.3 is 29.6 Å². The Morgan fingerprint density at radius 3 is 1.90 bits per heavy atom. The van der Waals surface area contributed by atoms with Crippen LogP contribution in [0.15, 0.2) is 12.2 Å². The third-order valence-electron chi connectivity index (χ3n) is 5.23. The molecule has 6 heteroatoms.